The Morgan fingerprint density at radius 3 is 1.33 bits per heavy atom. The number of hydrogen-bond donors (Lipinski definition) is 0. The van der Waals surface area contributed by atoms with Gasteiger partial charge < -0.3 is 9.32 Å². The summed E-state index contributed by atoms with van der Waals surface area (Å²) in [5.41, 5.74) is 19.3. The van der Waals surface area contributed by atoms with E-state index < -0.39 is 0 Å². The van der Waals surface area contributed by atoms with Gasteiger partial charge in [0.15, 0.2) is 0 Å². The second-order valence-electron chi connectivity index (χ2n) is 16.9. The highest BCUT2D eigenvalue weighted by atomic mass is 16.3. The van der Waals surface area contributed by atoms with E-state index in [4.69, 9.17) is 4.42 Å². The van der Waals surface area contributed by atoms with Gasteiger partial charge in [-0.2, -0.15) is 0 Å². The fraction of sp³-hybridized carbons (Fsp3) is 0. The Labute approximate surface area is 384 Å². The predicted octanol–water partition coefficient (Wildman–Crippen LogP) is 18.2. The molecule has 1 aromatic heterocycles. The third-order valence-electron chi connectivity index (χ3n) is 12.9. The van der Waals surface area contributed by atoms with Crippen LogP contribution in [0.2, 0.25) is 0 Å². The van der Waals surface area contributed by atoms with Crippen molar-refractivity contribution in [2.75, 3.05) is 4.90 Å². The molecule has 1 heterocycles. The molecule has 0 saturated carbocycles. The minimum absolute atomic E-state index is 0.893. The number of benzene rings is 11. The van der Waals surface area contributed by atoms with Gasteiger partial charge in [-0.25, -0.2) is 0 Å². The average molecular weight is 842 g/mol. The highest BCUT2D eigenvalue weighted by Crippen LogP contribution is 2.43. The Bertz CT molecular complexity index is 3650. The van der Waals surface area contributed by atoms with Crippen molar-refractivity contribution in [2.45, 2.75) is 0 Å². The molecule has 66 heavy (non-hydrogen) atoms. The molecule has 0 bridgehead atoms. The van der Waals surface area contributed by atoms with Gasteiger partial charge in [0.05, 0.1) is 0 Å². The molecular formula is C64H43NO. The number of anilines is 3. The van der Waals surface area contributed by atoms with E-state index in [-0.39, 0.29) is 0 Å². The van der Waals surface area contributed by atoms with E-state index in [2.05, 4.69) is 266 Å². The van der Waals surface area contributed by atoms with Crippen LogP contribution >= 0.6 is 0 Å². The molecule has 0 radical (unpaired) electrons. The lowest BCUT2D eigenvalue weighted by Crippen LogP contribution is -2.09. The lowest BCUT2D eigenvalue weighted by molar-refractivity contribution is 0.673. The van der Waals surface area contributed by atoms with Gasteiger partial charge in [0, 0.05) is 33.2 Å². The smallest absolute Gasteiger partial charge is 0.143 e. The first-order valence-electron chi connectivity index (χ1n) is 22.6. The molecular weight excluding hydrogens is 799 g/mol. The third-order valence-corrected chi connectivity index (χ3v) is 12.9. The van der Waals surface area contributed by atoms with E-state index in [9.17, 15) is 0 Å². The fourth-order valence-electron chi connectivity index (χ4n) is 9.60. The maximum Gasteiger partial charge on any atom is 0.143 e. The number of rotatable bonds is 9. The van der Waals surface area contributed by atoms with Crippen LogP contribution in [0.15, 0.2) is 265 Å². The van der Waals surface area contributed by atoms with Crippen molar-refractivity contribution in [2.24, 2.45) is 0 Å². The van der Waals surface area contributed by atoms with Crippen LogP contribution in [0, 0.1) is 0 Å². The van der Waals surface area contributed by atoms with Crippen LogP contribution in [0.3, 0.4) is 0 Å². The van der Waals surface area contributed by atoms with Gasteiger partial charge in [0.2, 0.25) is 0 Å². The van der Waals surface area contributed by atoms with Gasteiger partial charge in [-0.3, -0.25) is 0 Å². The van der Waals surface area contributed by atoms with Crippen LogP contribution in [-0.2, 0) is 0 Å². The minimum Gasteiger partial charge on any atom is -0.455 e. The molecule has 0 spiro atoms. The Morgan fingerprint density at radius 1 is 0.258 bits per heavy atom. The highest BCUT2D eigenvalue weighted by Gasteiger charge is 2.18. The molecule has 310 valence electrons. The number of hydrogen-bond acceptors (Lipinski definition) is 2. The number of furan rings is 1. The molecule has 0 amide bonds. The number of fused-ring (bicyclic) bond motifs is 5. The Hall–Kier alpha value is -8.72. The zero-order chi connectivity index (χ0) is 43.8. The summed E-state index contributed by atoms with van der Waals surface area (Å²) in [6, 6.07) is 93.7. The third kappa shape index (κ3) is 7.21. The van der Waals surface area contributed by atoms with Gasteiger partial charge in [-0.1, -0.05) is 200 Å². The quantitative estimate of drug-likeness (QED) is 0.144. The summed E-state index contributed by atoms with van der Waals surface area (Å²) in [7, 11) is 0. The molecule has 0 aliphatic rings. The molecule has 0 aliphatic heterocycles. The van der Waals surface area contributed by atoms with Crippen LogP contribution in [0.5, 0.6) is 0 Å². The van der Waals surface area contributed by atoms with Gasteiger partial charge in [-0.15, -0.1) is 0 Å². The molecule has 2 nitrogen and oxygen atoms in total. The zero-order valence-electron chi connectivity index (χ0n) is 36.2. The second-order valence-corrected chi connectivity index (χ2v) is 16.9. The standard InChI is InChI=1S/C64H43NO/c1-4-14-44(15-5-1)51-21-12-22-52(42-51)45-26-34-54(35-27-45)65(55-36-28-46(29-37-55)53-33-40-57(47-16-6-2-7-17-47)61(43-53)48-18-8-3-9-19-48)56-38-30-50(31-39-56)58-24-13-25-62-63(58)60-41-32-49-20-10-11-23-59(49)64(60)66-62/h1-43H. The van der Waals surface area contributed by atoms with Gasteiger partial charge in [0.25, 0.3) is 0 Å². The largest absolute Gasteiger partial charge is 0.455 e. The summed E-state index contributed by atoms with van der Waals surface area (Å²) >= 11 is 0. The molecule has 0 N–H and O–H groups in total. The SMILES string of the molecule is c1ccc(-c2cccc(-c3ccc(N(c4ccc(-c5ccc(-c6ccccc6)c(-c6ccccc6)c5)cc4)c4ccc(-c5cccc6oc7c8ccccc8ccc7c56)cc4)cc3)c2)cc1. The van der Waals surface area contributed by atoms with Crippen LogP contribution in [0.4, 0.5) is 17.1 Å². The summed E-state index contributed by atoms with van der Waals surface area (Å²) < 4.78 is 6.56. The molecule has 0 saturated heterocycles. The van der Waals surface area contributed by atoms with Crippen molar-refractivity contribution in [3.8, 4) is 66.8 Å². The molecule has 2 heteroatoms. The van der Waals surface area contributed by atoms with Crippen molar-refractivity contribution in [3.63, 3.8) is 0 Å². The van der Waals surface area contributed by atoms with Crippen LogP contribution in [-0.4, -0.2) is 0 Å². The van der Waals surface area contributed by atoms with Crippen LogP contribution in [0.1, 0.15) is 0 Å². The van der Waals surface area contributed by atoms with E-state index in [0.29, 0.717) is 0 Å². The maximum atomic E-state index is 6.56. The first kappa shape index (κ1) is 38.9. The Morgan fingerprint density at radius 2 is 0.712 bits per heavy atom. The fourth-order valence-corrected chi connectivity index (χ4v) is 9.60. The normalized spacial score (nSPS) is 11.3. The minimum atomic E-state index is 0.893. The summed E-state index contributed by atoms with van der Waals surface area (Å²) in [4.78, 5) is 2.35. The lowest BCUT2D eigenvalue weighted by Gasteiger charge is -2.26. The average Bonchev–Trinajstić information content (AvgIpc) is 3.80. The molecule has 11 aromatic carbocycles. The highest BCUT2D eigenvalue weighted by molar-refractivity contribution is 6.19. The van der Waals surface area contributed by atoms with Crippen molar-refractivity contribution < 1.29 is 4.42 Å². The maximum absolute atomic E-state index is 6.56. The monoisotopic (exact) mass is 841 g/mol. The molecule has 12 rings (SSSR count). The molecule has 0 unspecified atom stereocenters. The van der Waals surface area contributed by atoms with Crippen molar-refractivity contribution in [3.05, 3.63) is 261 Å². The second kappa shape index (κ2) is 16.8. The van der Waals surface area contributed by atoms with E-state index in [1.807, 2.05) is 0 Å². The van der Waals surface area contributed by atoms with Crippen molar-refractivity contribution in [1.29, 1.82) is 0 Å². The van der Waals surface area contributed by atoms with Crippen LogP contribution < -0.4 is 4.90 Å². The first-order chi connectivity index (χ1) is 32.7. The van der Waals surface area contributed by atoms with E-state index >= 15 is 0 Å². The van der Waals surface area contributed by atoms with E-state index in [1.54, 1.807) is 0 Å². The van der Waals surface area contributed by atoms with Crippen molar-refractivity contribution >= 4 is 49.8 Å². The van der Waals surface area contributed by atoms with Gasteiger partial charge >= 0.3 is 0 Å². The molecule has 0 fully saturated rings. The summed E-state index contributed by atoms with van der Waals surface area (Å²) in [5.74, 6) is 0. The van der Waals surface area contributed by atoms with Crippen molar-refractivity contribution in [1.82, 2.24) is 0 Å². The summed E-state index contributed by atoms with van der Waals surface area (Å²) in [5, 5.41) is 4.57. The summed E-state index contributed by atoms with van der Waals surface area (Å²) in [6.45, 7) is 0. The van der Waals surface area contributed by atoms with Gasteiger partial charge in [-0.05, 0) is 133 Å². The summed E-state index contributed by atoms with van der Waals surface area (Å²) in [6.07, 6.45) is 0. The predicted molar refractivity (Wildman–Crippen MR) is 279 cm³/mol. The van der Waals surface area contributed by atoms with Crippen LogP contribution in [0.25, 0.3) is 99.5 Å². The Kier molecular flexibility index (Phi) is 9.89. The first-order valence-corrected chi connectivity index (χ1v) is 22.6. The lowest BCUT2D eigenvalue weighted by atomic mass is 9.91. The topological polar surface area (TPSA) is 16.4 Å². The zero-order valence-corrected chi connectivity index (χ0v) is 36.2. The molecule has 0 atom stereocenters. The molecule has 0 aliphatic carbocycles. The van der Waals surface area contributed by atoms with E-state index in [1.165, 1.54) is 55.5 Å². The molecule has 12 aromatic rings. The number of nitrogens with zero attached hydrogens (tertiary/aromatic N) is 1. The van der Waals surface area contributed by atoms with E-state index in [0.717, 1.165) is 61.1 Å². The van der Waals surface area contributed by atoms with Gasteiger partial charge in [0.1, 0.15) is 11.2 Å². The Balaban J connectivity index is 0.931.